The summed E-state index contributed by atoms with van der Waals surface area (Å²) in [6.45, 7) is 7.53. The average Bonchev–Trinajstić information content (AvgIpc) is 2.99. The molecule has 146 valence electrons. The summed E-state index contributed by atoms with van der Waals surface area (Å²) in [5.41, 5.74) is 6.51. The first kappa shape index (κ1) is 18.8. The standard InChI is InChI=1S/C24H29N3O/c1-17-9-10-22-20(13-17)21-16-26(3)12-11-23(21)27(22)15-18(2)24(28)25-14-19-7-5-4-6-8-19/h4-10,13,18H,11-12,14-16H2,1-3H3,(H,25,28). The zero-order valence-corrected chi connectivity index (χ0v) is 17.0. The molecule has 2 aromatic carbocycles. The van der Waals surface area contributed by atoms with E-state index in [0.717, 1.165) is 31.6 Å². The summed E-state index contributed by atoms with van der Waals surface area (Å²) in [5.74, 6) is 0.0314. The minimum Gasteiger partial charge on any atom is -0.352 e. The van der Waals surface area contributed by atoms with Crippen molar-refractivity contribution in [3.8, 4) is 0 Å². The number of carbonyl (C=O) groups excluding carboxylic acids is 1. The molecule has 0 saturated carbocycles. The molecule has 0 aliphatic carbocycles. The van der Waals surface area contributed by atoms with Gasteiger partial charge < -0.3 is 14.8 Å². The van der Waals surface area contributed by atoms with Gasteiger partial charge in [-0.3, -0.25) is 4.79 Å². The number of likely N-dealkylation sites (N-methyl/N-ethyl adjacent to an activating group) is 1. The summed E-state index contributed by atoms with van der Waals surface area (Å²) in [6.07, 6.45) is 1.04. The smallest absolute Gasteiger partial charge is 0.224 e. The molecule has 2 heterocycles. The second-order valence-corrected chi connectivity index (χ2v) is 8.15. The number of amides is 1. The van der Waals surface area contributed by atoms with E-state index in [-0.39, 0.29) is 11.8 Å². The lowest BCUT2D eigenvalue weighted by molar-refractivity contribution is -0.125. The van der Waals surface area contributed by atoms with Crippen molar-refractivity contribution in [2.24, 2.45) is 5.92 Å². The predicted molar refractivity (Wildman–Crippen MR) is 114 cm³/mol. The van der Waals surface area contributed by atoms with E-state index < -0.39 is 0 Å². The fourth-order valence-electron chi connectivity index (χ4n) is 4.22. The Kier molecular flexibility index (Phi) is 5.23. The molecule has 1 aliphatic heterocycles. The topological polar surface area (TPSA) is 37.3 Å². The number of hydrogen-bond acceptors (Lipinski definition) is 2. The molecule has 0 fully saturated rings. The molecule has 28 heavy (non-hydrogen) atoms. The normalized spacial score (nSPS) is 15.4. The molecule has 0 saturated heterocycles. The van der Waals surface area contributed by atoms with E-state index in [1.807, 2.05) is 37.3 Å². The minimum atomic E-state index is -0.0793. The van der Waals surface area contributed by atoms with Gasteiger partial charge >= 0.3 is 0 Å². The van der Waals surface area contributed by atoms with E-state index >= 15 is 0 Å². The fourth-order valence-corrected chi connectivity index (χ4v) is 4.22. The molecular formula is C24H29N3O. The number of nitrogens with zero attached hydrogens (tertiary/aromatic N) is 2. The molecule has 3 aromatic rings. The zero-order chi connectivity index (χ0) is 19.7. The third-order valence-electron chi connectivity index (χ3n) is 5.81. The van der Waals surface area contributed by atoms with E-state index in [0.29, 0.717) is 6.54 Å². The molecular weight excluding hydrogens is 346 g/mol. The first-order valence-electron chi connectivity index (χ1n) is 10.1. The molecule has 0 bridgehead atoms. The molecule has 4 rings (SSSR count). The van der Waals surface area contributed by atoms with Crippen LogP contribution in [0.15, 0.2) is 48.5 Å². The maximum Gasteiger partial charge on any atom is 0.224 e. The van der Waals surface area contributed by atoms with Gasteiger partial charge in [-0.1, -0.05) is 48.9 Å². The highest BCUT2D eigenvalue weighted by Gasteiger charge is 2.24. The van der Waals surface area contributed by atoms with Gasteiger partial charge in [0.1, 0.15) is 0 Å². The number of hydrogen-bond donors (Lipinski definition) is 1. The third-order valence-corrected chi connectivity index (χ3v) is 5.81. The number of aromatic nitrogens is 1. The monoisotopic (exact) mass is 375 g/mol. The van der Waals surface area contributed by atoms with Crippen molar-refractivity contribution in [3.05, 3.63) is 70.9 Å². The second kappa shape index (κ2) is 7.80. The van der Waals surface area contributed by atoms with Crippen molar-refractivity contribution in [1.82, 2.24) is 14.8 Å². The second-order valence-electron chi connectivity index (χ2n) is 8.15. The van der Waals surface area contributed by atoms with Crippen molar-refractivity contribution < 1.29 is 4.79 Å². The Morgan fingerprint density at radius 1 is 1.18 bits per heavy atom. The van der Waals surface area contributed by atoms with Gasteiger partial charge in [-0.25, -0.2) is 0 Å². The van der Waals surface area contributed by atoms with E-state index in [1.54, 1.807) is 0 Å². The number of nitrogens with one attached hydrogen (secondary N) is 1. The van der Waals surface area contributed by atoms with Gasteiger partial charge in [0, 0.05) is 49.2 Å². The molecule has 0 spiro atoms. The van der Waals surface area contributed by atoms with Crippen LogP contribution in [0.3, 0.4) is 0 Å². The molecule has 1 aliphatic rings. The summed E-state index contributed by atoms with van der Waals surface area (Å²) in [4.78, 5) is 15.1. The van der Waals surface area contributed by atoms with Crippen LogP contribution < -0.4 is 5.32 Å². The highest BCUT2D eigenvalue weighted by molar-refractivity contribution is 5.87. The van der Waals surface area contributed by atoms with Gasteiger partial charge in [0.2, 0.25) is 5.91 Å². The van der Waals surface area contributed by atoms with Gasteiger partial charge in [-0.15, -0.1) is 0 Å². The summed E-state index contributed by atoms with van der Waals surface area (Å²) >= 11 is 0. The van der Waals surface area contributed by atoms with Gasteiger partial charge in [-0.05, 0) is 37.2 Å². The summed E-state index contributed by atoms with van der Waals surface area (Å²) in [6, 6.07) is 16.8. The number of carbonyl (C=O) groups is 1. The van der Waals surface area contributed by atoms with Crippen LogP contribution in [0.2, 0.25) is 0 Å². The lowest BCUT2D eigenvalue weighted by Gasteiger charge is -2.25. The molecule has 1 N–H and O–H groups in total. The van der Waals surface area contributed by atoms with Crippen LogP contribution in [0.25, 0.3) is 10.9 Å². The van der Waals surface area contributed by atoms with Crippen molar-refractivity contribution in [2.45, 2.75) is 39.9 Å². The Hall–Kier alpha value is -2.59. The minimum absolute atomic E-state index is 0.0793. The van der Waals surface area contributed by atoms with Crippen LogP contribution in [0.5, 0.6) is 0 Å². The van der Waals surface area contributed by atoms with Crippen LogP contribution in [0, 0.1) is 12.8 Å². The van der Waals surface area contributed by atoms with Crippen molar-refractivity contribution in [2.75, 3.05) is 13.6 Å². The lowest BCUT2D eigenvalue weighted by atomic mass is 10.0. The Labute approximate surface area is 167 Å². The number of benzene rings is 2. The van der Waals surface area contributed by atoms with Crippen LogP contribution in [-0.2, 0) is 30.8 Å². The van der Waals surface area contributed by atoms with Gasteiger partial charge in [0.25, 0.3) is 0 Å². The Bertz CT molecular complexity index is 990. The largest absolute Gasteiger partial charge is 0.352 e. The van der Waals surface area contributed by atoms with Gasteiger partial charge in [0.15, 0.2) is 0 Å². The first-order valence-corrected chi connectivity index (χ1v) is 10.1. The molecule has 1 aromatic heterocycles. The molecule has 1 amide bonds. The highest BCUT2D eigenvalue weighted by Crippen LogP contribution is 2.32. The summed E-state index contributed by atoms with van der Waals surface area (Å²) in [7, 11) is 2.18. The predicted octanol–water partition coefficient (Wildman–Crippen LogP) is 3.89. The molecule has 4 heteroatoms. The Morgan fingerprint density at radius 2 is 1.96 bits per heavy atom. The van der Waals surface area contributed by atoms with E-state index in [9.17, 15) is 4.79 Å². The number of fused-ring (bicyclic) bond motifs is 3. The van der Waals surface area contributed by atoms with Gasteiger partial charge in [0.05, 0.1) is 5.92 Å². The maximum absolute atomic E-state index is 12.7. The lowest BCUT2D eigenvalue weighted by Crippen LogP contribution is -2.32. The first-order chi connectivity index (χ1) is 13.5. The van der Waals surface area contributed by atoms with Crippen LogP contribution in [-0.4, -0.2) is 29.0 Å². The third kappa shape index (κ3) is 3.69. The van der Waals surface area contributed by atoms with Crippen LogP contribution >= 0.6 is 0 Å². The molecule has 1 unspecified atom stereocenters. The molecule has 0 radical (unpaired) electrons. The van der Waals surface area contributed by atoms with Crippen molar-refractivity contribution in [3.63, 3.8) is 0 Å². The quantitative estimate of drug-likeness (QED) is 0.735. The molecule has 4 nitrogen and oxygen atoms in total. The number of rotatable bonds is 5. The SMILES string of the molecule is Cc1ccc2c(c1)c1c(n2CC(C)C(=O)NCc2ccccc2)CCN(C)C1. The highest BCUT2D eigenvalue weighted by atomic mass is 16.1. The average molecular weight is 376 g/mol. The van der Waals surface area contributed by atoms with Crippen LogP contribution in [0.1, 0.15) is 29.3 Å². The fraction of sp³-hybridized carbons (Fsp3) is 0.375. The Morgan fingerprint density at radius 3 is 2.75 bits per heavy atom. The van der Waals surface area contributed by atoms with Crippen molar-refractivity contribution >= 4 is 16.8 Å². The summed E-state index contributed by atoms with van der Waals surface area (Å²) < 4.78 is 2.39. The van der Waals surface area contributed by atoms with E-state index in [1.165, 1.54) is 27.7 Å². The zero-order valence-electron chi connectivity index (χ0n) is 17.0. The van der Waals surface area contributed by atoms with Crippen molar-refractivity contribution in [1.29, 1.82) is 0 Å². The van der Waals surface area contributed by atoms with E-state index in [2.05, 4.69) is 47.0 Å². The summed E-state index contributed by atoms with van der Waals surface area (Å²) in [5, 5.41) is 4.44. The number of aryl methyl sites for hydroxylation is 1. The molecule has 1 atom stereocenters. The van der Waals surface area contributed by atoms with E-state index in [4.69, 9.17) is 0 Å². The maximum atomic E-state index is 12.7. The Balaban J connectivity index is 1.56. The van der Waals surface area contributed by atoms with Crippen LogP contribution in [0.4, 0.5) is 0 Å². The van der Waals surface area contributed by atoms with Gasteiger partial charge in [-0.2, -0.15) is 0 Å².